The summed E-state index contributed by atoms with van der Waals surface area (Å²) in [7, 11) is -1.75. The molecule has 0 aliphatic rings. The van der Waals surface area contributed by atoms with E-state index >= 15 is 0 Å². The van der Waals surface area contributed by atoms with Crippen LogP contribution in [-0.2, 0) is 9.47 Å². The zero-order valence-electron chi connectivity index (χ0n) is 27.0. The first kappa shape index (κ1) is 36.7. The van der Waals surface area contributed by atoms with Gasteiger partial charge in [0.25, 0.3) is 0 Å². The third-order valence-corrected chi connectivity index (χ3v) is 12.7. The maximum absolute atomic E-state index is 6.04. The molecule has 232 valence electrons. The molecule has 2 nitrogen and oxygen atoms in total. The lowest BCUT2D eigenvalue weighted by Crippen LogP contribution is -3.00. The molecule has 0 fully saturated rings. The number of hydrogen-bond donors (Lipinski definition) is 0. The maximum Gasteiger partial charge on any atom is 0.157 e. The van der Waals surface area contributed by atoms with Crippen molar-refractivity contribution in [2.45, 2.75) is 112 Å². The summed E-state index contributed by atoms with van der Waals surface area (Å²) in [6, 6.07) is 28.3. The van der Waals surface area contributed by atoms with Gasteiger partial charge in [-0.15, -0.1) is 0 Å². The summed E-state index contributed by atoms with van der Waals surface area (Å²) < 4.78 is 12.1. The van der Waals surface area contributed by atoms with Gasteiger partial charge in [0.05, 0.1) is 6.16 Å². The minimum absolute atomic E-state index is 0. The van der Waals surface area contributed by atoms with Crippen LogP contribution in [0.3, 0.4) is 0 Å². The van der Waals surface area contributed by atoms with E-state index in [9.17, 15) is 0 Å². The predicted molar refractivity (Wildman–Crippen MR) is 182 cm³/mol. The van der Waals surface area contributed by atoms with Crippen LogP contribution in [0, 0.1) is 20.8 Å². The van der Waals surface area contributed by atoms with Crippen molar-refractivity contribution in [1.82, 2.24) is 0 Å². The van der Waals surface area contributed by atoms with Gasteiger partial charge in [0, 0.05) is 13.2 Å². The Morgan fingerprint density at radius 2 is 0.857 bits per heavy atom. The molecular weight excluding hydrogens is 599 g/mol. The van der Waals surface area contributed by atoms with Crippen molar-refractivity contribution in [1.29, 1.82) is 0 Å². The lowest BCUT2D eigenvalue weighted by atomic mass is 10.1. The third-order valence-electron chi connectivity index (χ3n) is 8.21. The highest BCUT2D eigenvalue weighted by Crippen LogP contribution is 2.56. The highest BCUT2D eigenvalue weighted by molar-refractivity contribution is 7.95. The number of benzene rings is 3. The van der Waals surface area contributed by atoms with Gasteiger partial charge in [0.1, 0.15) is 23.2 Å². The van der Waals surface area contributed by atoms with E-state index in [-0.39, 0.29) is 23.3 Å². The van der Waals surface area contributed by atoms with Crippen molar-refractivity contribution in [2.24, 2.45) is 0 Å². The number of ether oxygens (including phenoxy) is 2. The molecule has 3 aromatic rings. The van der Waals surface area contributed by atoms with Gasteiger partial charge in [-0.3, -0.25) is 0 Å². The Morgan fingerprint density at radius 3 is 1.24 bits per heavy atom. The molecule has 0 N–H and O–H groups in total. The SMILES string of the molecule is CCCCOC(CCCCCCCC[P+](c1ccc(C)cc1)(c1ccc(C)cc1)c1ccc(C)cc1)OCCCC.[Br-]. The Morgan fingerprint density at radius 1 is 0.500 bits per heavy atom. The molecule has 0 aliphatic carbocycles. The molecular formula is C38H56BrO2P. The van der Waals surface area contributed by atoms with Crippen LogP contribution in [0.25, 0.3) is 0 Å². The molecule has 3 rings (SSSR count). The highest BCUT2D eigenvalue weighted by Gasteiger charge is 2.44. The number of halogens is 1. The minimum atomic E-state index is -1.75. The molecule has 42 heavy (non-hydrogen) atoms. The van der Waals surface area contributed by atoms with E-state index in [4.69, 9.17) is 9.47 Å². The van der Waals surface area contributed by atoms with Crippen molar-refractivity contribution in [3.05, 3.63) is 89.5 Å². The molecule has 0 aliphatic heterocycles. The zero-order chi connectivity index (χ0) is 29.3. The van der Waals surface area contributed by atoms with Gasteiger partial charge in [0.15, 0.2) is 6.29 Å². The Balaban J connectivity index is 0.00000616. The van der Waals surface area contributed by atoms with Crippen LogP contribution in [0.5, 0.6) is 0 Å². The van der Waals surface area contributed by atoms with Crippen molar-refractivity contribution >= 4 is 23.2 Å². The molecule has 0 amide bonds. The van der Waals surface area contributed by atoms with E-state index in [1.807, 2.05) is 0 Å². The molecule has 0 atom stereocenters. The summed E-state index contributed by atoms with van der Waals surface area (Å²) in [5, 5.41) is 4.52. The van der Waals surface area contributed by atoms with Crippen LogP contribution in [0.15, 0.2) is 72.8 Å². The van der Waals surface area contributed by atoms with E-state index < -0.39 is 7.26 Å². The van der Waals surface area contributed by atoms with Crippen LogP contribution in [0.2, 0.25) is 0 Å². The average Bonchev–Trinajstić information content (AvgIpc) is 2.98. The molecule has 0 saturated heterocycles. The summed E-state index contributed by atoms with van der Waals surface area (Å²) in [6.45, 7) is 12.6. The normalized spacial score (nSPS) is 11.6. The van der Waals surface area contributed by atoms with Gasteiger partial charge in [0.2, 0.25) is 0 Å². The fourth-order valence-electron chi connectivity index (χ4n) is 5.53. The summed E-state index contributed by atoms with van der Waals surface area (Å²) in [6.07, 6.45) is 14.4. The van der Waals surface area contributed by atoms with Gasteiger partial charge in [-0.25, -0.2) is 0 Å². The predicted octanol–water partition coefficient (Wildman–Crippen LogP) is 6.60. The highest BCUT2D eigenvalue weighted by atomic mass is 79.9. The van der Waals surface area contributed by atoms with Crippen LogP contribution in [0.1, 0.15) is 101 Å². The Kier molecular flexibility index (Phi) is 17.9. The quantitative estimate of drug-likeness (QED) is 0.0777. The molecule has 4 heteroatoms. The second-order valence-electron chi connectivity index (χ2n) is 11.8. The van der Waals surface area contributed by atoms with Gasteiger partial charge < -0.3 is 26.5 Å². The third kappa shape index (κ3) is 11.5. The Hall–Kier alpha value is -1.51. The number of rotatable bonds is 20. The van der Waals surface area contributed by atoms with E-state index in [2.05, 4.69) is 107 Å². The molecule has 0 saturated carbocycles. The van der Waals surface area contributed by atoms with E-state index in [0.29, 0.717) is 0 Å². The van der Waals surface area contributed by atoms with Crippen molar-refractivity contribution in [3.8, 4) is 0 Å². The van der Waals surface area contributed by atoms with Gasteiger partial charge in [-0.2, -0.15) is 0 Å². The van der Waals surface area contributed by atoms with Crippen molar-refractivity contribution < 1.29 is 26.5 Å². The van der Waals surface area contributed by atoms with Crippen LogP contribution in [0.4, 0.5) is 0 Å². The van der Waals surface area contributed by atoms with Crippen molar-refractivity contribution in [3.63, 3.8) is 0 Å². The molecule has 0 unspecified atom stereocenters. The van der Waals surface area contributed by atoms with Gasteiger partial charge in [-0.1, -0.05) is 99.0 Å². The summed E-state index contributed by atoms with van der Waals surface area (Å²) in [4.78, 5) is 0. The fraction of sp³-hybridized carbons (Fsp3) is 0.526. The van der Waals surface area contributed by atoms with E-state index in [0.717, 1.165) is 32.5 Å². The molecule has 0 bridgehead atoms. The van der Waals surface area contributed by atoms with Crippen LogP contribution in [-0.4, -0.2) is 25.7 Å². The zero-order valence-corrected chi connectivity index (χ0v) is 29.5. The first-order valence-corrected chi connectivity index (χ1v) is 18.3. The molecule has 0 spiro atoms. The second-order valence-corrected chi connectivity index (χ2v) is 15.4. The van der Waals surface area contributed by atoms with Crippen LogP contribution < -0.4 is 32.9 Å². The maximum atomic E-state index is 6.04. The first-order chi connectivity index (χ1) is 20.0. The van der Waals surface area contributed by atoms with E-state index in [1.165, 1.54) is 90.1 Å². The second kappa shape index (κ2) is 20.4. The molecule has 0 radical (unpaired) electrons. The monoisotopic (exact) mass is 654 g/mol. The minimum Gasteiger partial charge on any atom is -1.00 e. The number of hydrogen-bond acceptors (Lipinski definition) is 2. The Labute approximate surface area is 269 Å². The number of unbranched alkanes of at least 4 members (excludes halogenated alkanes) is 7. The average molecular weight is 656 g/mol. The van der Waals surface area contributed by atoms with Gasteiger partial charge in [-0.05, 0) is 95.7 Å². The standard InChI is InChI=1S/C38H56O2P.BrH/c1-6-8-29-39-38(40-30-9-7-2)16-14-12-10-11-13-15-31-41(35-23-17-32(3)18-24-35,36-25-19-33(4)20-26-36)37-27-21-34(5)22-28-37;/h17-28,38H,6-16,29-31H2,1-5H3;1H/q+1;/p-1. The Bertz CT molecular complexity index is 975. The largest absolute Gasteiger partial charge is 1.00 e. The lowest BCUT2D eigenvalue weighted by Gasteiger charge is -2.28. The summed E-state index contributed by atoms with van der Waals surface area (Å²) in [5.41, 5.74) is 3.98. The van der Waals surface area contributed by atoms with Gasteiger partial charge >= 0.3 is 0 Å². The fourth-order valence-corrected chi connectivity index (χ4v) is 9.87. The molecule has 0 aromatic heterocycles. The lowest BCUT2D eigenvalue weighted by molar-refractivity contribution is -0.147. The molecule has 0 heterocycles. The van der Waals surface area contributed by atoms with Crippen LogP contribution >= 0.6 is 7.26 Å². The summed E-state index contributed by atoms with van der Waals surface area (Å²) in [5.74, 6) is 0. The van der Waals surface area contributed by atoms with E-state index in [1.54, 1.807) is 0 Å². The molecule has 3 aromatic carbocycles. The summed E-state index contributed by atoms with van der Waals surface area (Å²) >= 11 is 0. The first-order valence-electron chi connectivity index (χ1n) is 16.3. The number of aryl methyl sites for hydroxylation is 3. The smallest absolute Gasteiger partial charge is 0.157 e. The topological polar surface area (TPSA) is 18.5 Å². The van der Waals surface area contributed by atoms with Crippen molar-refractivity contribution in [2.75, 3.05) is 19.4 Å².